The molecule has 0 heterocycles. The number of sulfonamides is 1. The maximum absolute atomic E-state index is 12.6. The molecule has 0 saturated carbocycles. The van der Waals surface area contributed by atoms with Crippen molar-refractivity contribution in [1.29, 1.82) is 0 Å². The van der Waals surface area contributed by atoms with Gasteiger partial charge in [0.15, 0.2) is 0 Å². The third-order valence-corrected chi connectivity index (χ3v) is 5.66. The van der Waals surface area contributed by atoms with Crippen LogP contribution in [0.1, 0.15) is 22.0 Å². The number of hydrogen-bond acceptors (Lipinski definition) is 4. The van der Waals surface area contributed by atoms with Crippen LogP contribution >= 0.6 is 0 Å². The SMILES string of the molecule is O=C(O)c1ccccc1NC(CNS(=O)(=O)c1ccccc1)c1ccccc1. The number of anilines is 1. The van der Waals surface area contributed by atoms with Crippen molar-refractivity contribution < 1.29 is 18.3 Å². The lowest BCUT2D eigenvalue weighted by Crippen LogP contribution is -2.31. The number of para-hydroxylation sites is 1. The Morgan fingerprint density at radius 1 is 0.857 bits per heavy atom. The highest BCUT2D eigenvalue weighted by atomic mass is 32.2. The lowest BCUT2D eigenvalue weighted by molar-refractivity contribution is 0.0698. The van der Waals surface area contributed by atoms with Crippen molar-refractivity contribution in [2.75, 3.05) is 11.9 Å². The summed E-state index contributed by atoms with van der Waals surface area (Å²) in [4.78, 5) is 11.7. The summed E-state index contributed by atoms with van der Waals surface area (Å²) >= 11 is 0. The van der Waals surface area contributed by atoms with E-state index in [0.29, 0.717) is 5.69 Å². The smallest absolute Gasteiger partial charge is 0.337 e. The second kappa shape index (κ2) is 8.69. The minimum atomic E-state index is -3.69. The van der Waals surface area contributed by atoms with E-state index in [2.05, 4.69) is 10.0 Å². The van der Waals surface area contributed by atoms with E-state index in [4.69, 9.17) is 0 Å². The molecule has 3 aromatic carbocycles. The highest BCUT2D eigenvalue weighted by molar-refractivity contribution is 7.89. The van der Waals surface area contributed by atoms with Crippen molar-refractivity contribution >= 4 is 21.7 Å². The lowest BCUT2D eigenvalue weighted by atomic mass is 10.1. The molecule has 3 rings (SSSR count). The van der Waals surface area contributed by atoms with E-state index in [1.165, 1.54) is 18.2 Å². The van der Waals surface area contributed by atoms with Crippen molar-refractivity contribution in [3.63, 3.8) is 0 Å². The summed E-state index contributed by atoms with van der Waals surface area (Å²) in [5.74, 6) is -1.06. The van der Waals surface area contributed by atoms with E-state index in [9.17, 15) is 18.3 Å². The molecule has 0 amide bonds. The normalized spacial score (nSPS) is 12.3. The molecular weight excluding hydrogens is 376 g/mol. The summed E-state index contributed by atoms with van der Waals surface area (Å²) in [6.07, 6.45) is 0. The molecule has 0 aliphatic heterocycles. The van der Waals surface area contributed by atoms with Gasteiger partial charge in [-0.25, -0.2) is 17.9 Å². The van der Waals surface area contributed by atoms with Crippen LogP contribution in [0, 0.1) is 0 Å². The van der Waals surface area contributed by atoms with Crippen molar-refractivity contribution in [2.24, 2.45) is 0 Å². The van der Waals surface area contributed by atoms with E-state index >= 15 is 0 Å². The number of hydrogen-bond donors (Lipinski definition) is 3. The molecule has 7 heteroatoms. The molecule has 28 heavy (non-hydrogen) atoms. The molecule has 6 nitrogen and oxygen atoms in total. The third-order valence-electron chi connectivity index (χ3n) is 4.22. The first-order chi connectivity index (χ1) is 13.5. The molecule has 0 aliphatic rings. The molecule has 3 N–H and O–H groups in total. The number of carboxylic acid groups (broad SMARTS) is 1. The number of benzene rings is 3. The van der Waals surface area contributed by atoms with Gasteiger partial charge in [-0.05, 0) is 29.8 Å². The topological polar surface area (TPSA) is 95.5 Å². The summed E-state index contributed by atoms with van der Waals surface area (Å²) in [5.41, 5.74) is 1.37. The zero-order chi connectivity index (χ0) is 20.0. The molecule has 0 radical (unpaired) electrons. The summed E-state index contributed by atoms with van der Waals surface area (Å²) in [7, 11) is -3.69. The van der Waals surface area contributed by atoms with Crippen LogP contribution in [0.4, 0.5) is 5.69 Å². The van der Waals surface area contributed by atoms with Crippen LogP contribution in [0.15, 0.2) is 89.8 Å². The van der Waals surface area contributed by atoms with E-state index in [1.807, 2.05) is 30.3 Å². The van der Waals surface area contributed by atoms with Crippen molar-refractivity contribution in [1.82, 2.24) is 4.72 Å². The first-order valence-electron chi connectivity index (χ1n) is 8.66. The largest absolute Gasteiger partial charge is 0.478 e. The molecule has 0 aliphatic carbocycles. The van der Waals surface area contributed by atoms with Gasteiger partial charge in [-0.15, -0.1) is 0 Å². The van der Waals surface area contributed by atoms with Crippen LogP contribution in [-0.4, -0.2) is 26.0 Å². The number of aromatic carboxylic acids is 1. The molecule has 144 valence electrons. The van der Waals surface area contributed by atoms with Crippen LogP contribution in [0.25, 0.3) is 0 Å². The van der Waals surface area contributed by atoms with E-state index in [0.717, 1.165) is 5.56 Å². The Morgan fingerprint density at radius 3 is 2.07 bits per heavy atom. The van der Waals surface area contributed by atoms with Crippen LogP contribution in [0.2, 0.25) is 0 Å². The number of carbonyl (C=O) groups is 1. The average molecular weight is 396 g/mol. The Morgan fingerprint density at radius 2 is 1.43 bits per heavy atom. The molecule has 3 aromatic rings. The number of rotatable bonds is 8. The van der Waals surface area contributed by atoms with Crippen LogP contribution in [0.3, 0.4) is 0 Å². The fourth-order valence-corrected chi connectivity index (χ4v) is 3.86. The zero-order valence-corrected chi connectivity index (χ0v) is 15.8. The highest BCUT2D eigenvalue weighted by Crippen LogP contribution is 2.23. The van der Waals surface area contributed by atoms with Gasteiger partial charge < -0.3 is 10.4 Å². The number of nitrogens with one attached hydrogen (secondary N) is 2. The van der Waals surface area contributed by atoms with Crippen LogP contribution < -0.4 is 10.0 Å². The average Bonchev–Trinajstić information content (AvgIpc) is 2.72. The summed E-state index contributed by atoms with van der Waals surface area (Å²) in [5, 5.41) is 12.6. The molecule has 1 atom stereocenters. The van der Waals surface area contributed by atoms with Gasteiger partial charge in [0.1, 0.15) is 0 Å². The third kappa shape index (κ3) is 4.76. The Bertz CT molecular complexity index is 1040. The second-order valence-corrected chi connectivity index (χ2v) is 7.89. The molecule has 1 unspecified atom stereocenters. The molecular formula is C21H20N2O4S. The van der Waals surface area contributed by atoms with Crippen molar-refractivity contribution in [3.05, 3.63) is 96.1 Å². The molecule has 0 fully saturated rings. The van der Waals surface area contributed by atoms with Crippen molar-refractivity contribution in [2.45, 2.75) is 10.9 Å². The Balaban J connectivity index is 1.86. The molecule has 0 aromatic heterocycles. The molecule has 0 saturated heterocycles. The number of carboxylic acids is 1. The van der Waals surface area contributed by atoms with Gasteiger partial charge in [-0.2, -0.15) is 0 Å². The van der Waals surface area contributed by atoms with Gasteiger partial charge in [0.05, 0.1) is 16.5 Å². The Labute approximate surface area is 163 Å². The fraction of sp³-hybridized carbons (Fsp3) is 0.0952. The van der Waals surface area contributed by atoms with E-state index in [-0.39, 0.29) is 17.0 Å². The van der Waals surface area contributed by atoms with Gasteiger partial charge in [-0.1, -0.05) is 60.7 Å². The van der Waals surface area contributed by atoms with Gasteiger partial charge in [0, 0.05) is 12.2 Å². The van der Waals surface area contributed by atoms with Gasteiger partial charge in [0.2, 0.25) is 10.0 Å². The second-order valence-electron chi connectivity index (χ2n) is 6.12. The molecule has 0 bridgehead atoms. The summed E-state index contributed by atoms with van der Waals surface area (Å²) in [6.45, 7) is 0.0508. The Hall–Kier alpha value is -3.16. The lowest BCUT2D eigenvalue weighted by Gasteiger charge is -2.22. The van der Waals surface area contributed by atoms with Crippen molar-refractivity contribution in [3.8, 4) is 0 Å². The first-order valence-corrected chi connectivity index (χ1v) is 10.1. The van der Waals surface area contributed by atoms with Crippen LogP contribution in [-0.2, 0) is 10.0 Å². The predicted molar refractivity (Wildman–Crippen MR) is 108 cm³/mol. The molecule has 0 spiro atoms. The minimum Gasteiger partial charge on any atom is -0.478 e. The van der Waals surface area contributed by atoms with Gasteiger partial charge in [-0.3, -0.25) is 0 Å². The monoisotopic (exact) mass is 396 g/mol. The van der Waals surface area contributed by atoms with E-state index < -0.39 is 22.0 Å². The fourth-order valence-electron chi connectivity index (χ4n) is 2.80. The predicted octanol–water partition coefficient (Wildman–Crippen LogP) is 3.52. The van der Waals surface area contributed by atoms with Gasteiger partial charge in [0.25, 0.3) is 0 Å². The quantitative estimate of drug-likeness (QED) is 0.541. The highest BCUT2D eigenvalue weighted by Gasteiger charge is 2.19. The maximum Gasteiger partial charge on any atom is 0.337 e. The summed E-state index contributed by atoms with van der Waals surface area (Å²) in [6, 6.07) is 23.4. The summed E-state index contributed by atoms with van der Waals surface area (Å²) < 4.78 is 27.7. The zero-order valence-electron chi connectivity index (χ0n) is 14.9. The van der Waals surface area contributed by atoms with Gasteiger partial charge >= 0.3 is 5.97 Å². The Kier molecular flexibility index (Phi) is 6.08. The maximum atomic E-state index is 12.6. The minimum absolute atomic E-state index is 0.0508. The first kappa shape index (κ1) is 19.6. The van der Waals surface area contributed by atoms with Crippen LogP contribution in [0.5, 0.6) is 0 Å². The standard InChI is InChI=1S/C21H20N2O4S/c24-21(25)18-13-7-8-14-19(18)23-20(16-9-3-1-4-10-16)15-22-28(26,27)17-11-5-2-6-12-17/h1-14,20,22-23H,15H2,(H,24,25). The van der Waals surface area contributed by atoms with E-state index in [1.54, 1.807) is 36.4 Å².